The molecule has 4 amide bonds. The number of likely N-dealkylation sites (tertiary alicyclic amines) is 1. The smallest absolute Gasteiger partial charge is 0.318 e. The van der Waals surface area contributed by atoms with Crippen molar-refractivity contribution in [2.24, 2.45) is 5.73 Å². The van der Waals surface area contributed by atoms with Gasteiger partial charge in [0, 0.05) is 69.2 Å². The molecule has 0 saturated carbocycles. The second kappa shape index (κ2) is 18.9. The highest BCUT2D eigenvalue weighted by Crippen LogP contribution is 2.41. The number of benzene rings is 3. The Labute approximate surface area is 339 Å². The van der Waals surface area contributed by atoms with E-state index in [-0.39, 0.29) is 29.5 Å². The number of anilines is 1. The van der Waals surface area contributed by atoms with Gasteiger partial charge in [-0.3, -0.25) is 14.6 Å². The van der Waals surface area contributed by atoms with E-state index in [2.05, 4.69) is 101 Å². The summed E-state index contributed by atoms with van der Waals surface area (Å²) in [6, 6.07) is 26.1. The summed E-state index contributed by atoms with van der Waals surface area (Å²) in [5.74, 6) is -0.554. The van der Waals surface area contributed by atoms with Crippen molar-refractivity contribution in [3.8, 4) is 5.75 Å². The molecule has 1 aromatic heterocycles. The summed E-state index contributed by atoms with van der Waals surface area (Å²) in [4.78, 5) is 52.4. The first kappa shape index (κ1) is 40.2. The Kier molecular flexibility index (Phi) is 13.8. The molecule has 0 spiro atoms. The van der Waals surface area contributed by atoms with E-state index in [1.807, 2.05) is 29.2 Å². The van der Waals surface area contributed by atoms with Crippen molar-refractivity contribution in [3.63, 3.8) is 0 Å². The van der Waals surface area contributed by atoms with E-state index < -0.39 is 18.0 Å². The normalized spacial score (nSPS) is 16.6. The molecular weight excluding hydrogens is 826 g/mol. The number of rotatable bonds is 13. The molecule has 5 N–H and O–H groups in total. The zero-order valence-electron chi connectivity index (χ0n) is 30.9. The summed E-state index contributed by atoms with van der Waals surface area (Å²) < 4.78 is 0.912. The lowest BCUT2D eigenvalue weighted by Crippen LogP contribution is -2.59. The lowest BCUT2D eigenvalue weighted by Gasteiger charge is -2.43. The van der Waals surface area contributed by atoms with E-state index in [0.717, 1.165) is 18.5 Å². The molecule has 11 nitrogen and oxygen atoms in total. The zero-order valence-corrected chi connectivity index (χ0v) is 34.1. The summed E-state index contributed by atoms with van der Waals surface area (Å²) in [7, 11) is 0. The third kappa shape index (κ3) is 9.86. The summed E-state index contributed by atoms with van der Waals surface area (Å²) in [5.41, 5.74) is 9.76. The number of amides is 4. The number of phenolic OH excluding ortho intramolecular Hbond substituents is 1. The third-order valence-electron chi connectivity index (χ3n) is 10.9. The van der Waals surface area contributed by atoms with Gasteiger partial charge in [-0.05, 0) is 111 Å². The molecule has 55 heavy (non-hydrogen) atoms. The number of nitrogens with zero attached hydrogens (tertiary/aromatic N) is 4. The number of nitrogens with one attached hydrogen (secondary N) is 2. The molecule has 290 valence electrons. The van der Waals surface area contributed by atoms with Crippen LogP contribution in [0.1, 0.15) is 48.8 Å². The number of aromatic nitrogens is 1. The van der Waals surface area contributed by atoms with E-state index in [0.29, 0.717) is 79.6 Å². The molecular formula is C42H49Br2N7O4. The molecule has 2 aliphatic heterocycles. The van der Waals surface area contributed by atoms with Gasteiger partial charge in [-0.1, -0.05) is 60.7 Å². The molecule has 13 heteroatoms. The minimum absolute atomic E-state index is 0.0389. The summed E-state index contributed by atoms with van der Waals surface area (Å²) in [6.45, 7) is 3.82. The van der Waals surface area contributed by atoms with Gasteiger partial charge in [0.15, 0.2) is 0 Å². The van der Waals surface area contributed by atoms with Crippen LogP contribution in [0.5, 0.6) is 5.75 Å². The Morgan fingerprint density at radius 3 is 1.91 bits per heavy atom. The van der Waals surface area contributed by atoms with E-state index >= 15 is 0 Å². The van der Waals surface area contributed by atoms with E-state index in [4.69, 9.17) is 5.73 Å². The molecule has 2 saturated heterocycles. The van der Waals surface area contributed by atoms with Crippen molar-refractivity contribution in [2.45, 2.75) is 56.0 Å². The maximum atomic E-state index is 14.3. The lowest BCUT2D eigenvalue weighted by molar-refractivity contribution is -0.137. The number of hydrogen-bond donors (Lipinski definition) is 4. The molecule has 6 rings (SSSR count). The van der Waals surface area contributed by atoms with Crippen LogP contribution < -0.4 is 21.3 Å². The van der Waals surface area contributed by atoms with Crippen molar-refractivity contribution in [2.75, 3.05) is 50.7 Å². The van der Waals surface area contributed by atoms with Crippen LogP contribution in [-0.4, -0.2) is 95.6 Å². The van der Waals surface area contributed by atoms with Gasteiger partial charge in [-0.15, -0.1) is 0 Å². The van der Waals surface area contributed by atoms with Crippen LogP contribution in [0, 0.1) is 0 Å². The van der Waals surface area contributed by atoms with Gasteiger partial charge in [0.25, 0.3) is 0 Å². The number of piperidine rings is 1. The summed E-state index contributed by atoms with van der Waals surface area (Å²) in [6.07, 6.45) is 6.89. The highest BCUT2D eigenvalue weighted by molar-refractivity contribution is 9.11. The van der Waals surface area contributed by atoms with Crippen molar-refractivity contribution in [1.29, 1.82) is 0 Å². The number of phenols is 1. The fraction of sp³-hybridized carbons (Fsp3) is 0.381. The number of piperazine rings is 1. The van der Waals surface area contributed by atoms with Crippen LogP contribution in [0.3, 0.4) is 0 Å². The Morgan fingerprint density at radius 2 is 1.35 bits per heavy atom. The number of unbranched alkanes of at least 4 members (excludes halogenated alkanes) is 1. The molecule has 0 aliphatic carbocycles. The topological polar surface area (TPSA) is 144 Å². The molecule has 2 atom stereocenters. The molecule has 4 aromatic rings. The van der Waals surface area contributed by atoms with Gasteiger partial charge in [0.1, 0.15) is 17.8 Å². The minimum Gasteiger partial charge on any atom is -0.506 e. The second-order valence-corrected chi connectivity index (χ2v) is 16.0. The number of hydrogen-bond acceptors (Lipinski definition) is 7. The van der Waals surface area contributed by atoms with Gasteiger partial charge in [0.05, 0.1) is 8.95 Å². The first-order valence-corrected chi connectivity index (χ1v) is 20.5. The maximum Gasteiger partial charge on any atom is 0.318 e. The zero-order chi connectivity index (χ0) is 38.8. The summed E-state index contributed by atoms with van der Waals surface area (Å²) >= 11 is 6.80. The molecule has 0 radical (unpaired) electrons. The average Bonchev–Trinajstić information content (AvgIpc) is 3.23. The average molecular weight is 876 g/mol. The molecule has 3 heterocycles. The van der Waals surface area contributed by atoms with Crippen LogP contribution in [0.25, 0.3) is 0 Å². The number of carbonyl (C=O) groups is 3. The highest BCUT2D eigenvalue weighted by atomic mass is 79.9. The van der Waals surface area contributed by atoms with E-state index in [1.54, 1.807) is 29.4 Å². The third-order valence-corrected chi connectivity index (χ3v) is 12.1. The molecule has 0 unspecified atom stereocenters. The quantitative estimate of drug-likeness (QED) is 0.121. The highest BCUT2D eigenvalue weighted by Gasteiger charge is 2.40. The number of nitrogens with two attached hydrogens (primary N) is 1. The predicted molar refractivity (Wildman–Crippen MR) is 222 cm³/mol. The first-order valence-electron chi connectivity index (χ1n) is 19.0. The summed E-state index contributed by atoms with van der Waals surface area (Å²) in [5, 5.41) is 16.5. The minimum atomic E-state index is -1.00. The molecule has 2 aliphatic rings. The molecule has 3 aromatic carbocycles. The van der Waals surface area contributed by atoms with E-state index in [9.17, 15) is 19.5 Å². The van der Waals surface area contributed by atoms with Crippen molar-refractivity contribution >= 4 is 55.4 Å². The van der Waals surface area contributed by atoms with Crippen molar-refractivity contribution < 1.29 is 19.5 Å². The number of urea groups is 1. The van der Waals surface area contributed by atoms with Gasteiger partial charge >= 0.3 is 6.03 Å². The Bertz CT molecular complexity index is 1820. The standard InChI is InChI=1S/C42H49Br2N7O4/c43-34-27-30(28-35(44)38(34)52)29-37(48-41(55)51-21-16-42(17-22-51,31-9-3-1-4-10-31)32-11-5-2-6-12-32)39(53)47-36(13-7-8-18-45)40(54)50-25-23-49(24-26-50)33-14-19-46-20-15-33/h1-6,9-12,14-15,19-20,27-28,36-37,52H,7-8,13,16-18,21-26,29,45H2,(H,47,53)(H,48,55)/t36-,37+/m0/s1. The Morgan fingerprint density at radius 1 is 0.764 bits per heavy atom. The SMILES string of the molecule is NCCCC[C@H](NC(=O)[C@@H](Cc1cc(Br)c(O)c(Br)c1)NC(=O)N1CCC(c2ccccc2)(c2ccccc2)CC1)C(=O)N1CCN(c2ccncc2)CC1. The van der Waals surface area contributed by atoms with Crippen molar-refractivity contribution in [1.82, 2.24) is 25.4 Å². The predicted octanol–water partition coefficient (Wildman–Crippen LogP) is 5.98. The second-order valence-electron chi connectivity index (χ2n) is 14.3. The number of pyridine rings is 1. The van der Waals surface area contributed by atoms with Crippen LogP contribution >= 0.6 is 31.9 Å². The van der Waals surface area contributed by atoms with Gasteiger partial charge in [-0.2, -0.15) is 0 Å². The van der Waals surface area contributed by atoms with Gasteiger partial charge in [0.2, 0.25) is 11.8 Å². The van der Waals surface area contributed by atoms with Crippen LogP contribution in [0.4, 0.5) is 10.5 Å². The lowest BCUT2D eigenvalue weighted by atomic mass is 9.68. The van der Waals surface area contributed by atoms with Crippen molar-refractivity contribution in [3.05, 3.63) is 123 Å². The fourth-order valence-corrected chi connectivity index (χ4v) is 9.04. The van der Waals surface area contributed by atoms with E-state index in [1.165, 1.54) is 11.1 Å². The van der Waals surface area contributed by atoms with Crippen LogP contribution in [0.2, 0.25) is 0 Å². The maximum absolute atomic E-state index is 14.3. The fourth-order valence-electron chi connectivity index (χ4n) is 7.75. The van der Waals surface area contributed by atoms with Gasteiger partial charge in [-0.25, -0.2) is 4.79 Å². The number of carbonyl (C=O) groups excluding carboxylic acids is 3. The largest absolute Gasteiger partial charge is 0.506 e. The monoisotopic (exact) mass is 873 g/mol. The number of aromatic hydroxyl groups is 1. The molecule has 2 fully saturated rings. The first-order chi connectivity index (χ1) is 26.7. The van der Waals surface area contributed by atoms with Gasteiger partial charge < -0.3 is 36.2 Å². The Balaban J connectivity index is 1.18. The Hall–Kier alpha value is -4.46. The van der Waals surface area contributed by atoms with Crippen LogP contribution in [0.15, 0.2) is 106 Å². The van der Waals surface area contributed by atoms with Crippen LogP contribution in [-0.2, 0) is 21.4 Å². The number of halogens is 2. The molecule has 0 bridgehead atoms.